The zero-order chi connectivity index (χ0) is 11.2. The molecule has 2 aromatic rings. The molecule has 2 rings (SSSR count). The first-order valence-corrected chi connectivity index (χ1v) is 5.17. The van der Waals surface area contributed by atoms with Crippen LogP contribution in [-0.2, 0) is 6.42 Å². The van der Waals surface area contributed by atoms with Gasteiger partial charge in [-0.05, 0) is 12.1 Å². The van der Waals surface area contributed by atoms with Crippen LogP contribution >= 0.6 is 0 Å². The maximum Gasteiger partial charge on any atom is 0.251 e. The van der Waals surface area contributed by atoms with E-state index < -0.39 is 0 Å². The summed E-state index contributed by atoms with van der Waals surface area (Å²) < 4.78 is 0. The molecule has 0 atom stereocenters. The number of nitrogens with one attached hydrogen (secondary N) is 2. The monoisotopic (exact) mass is 215 g/mol. The molecule has 0 aliphatic rings. The summed E-state index contributed by atoms with van der Waals surface area (Å²) >= 11 is 0. The van der Waals surface area contributed by atoms with Crippen molar-refractivity contribution < 1.29 is 4.79 Å². The van der Waals surface area contributed by atoms with E-state index in [1.54, 1.807) is 18.5 Å². The predicted octanol–water partition coefficient (Wildman–Crippen LogP) is 1.38. The molecule has 1 amide bonds. The number of hydrogen-bond donors (Lipinski definition) is 2. The fourth-order valence-corrected chi connectivity index (χ4v) is 1.42. The summed E-state index contributed by atoms with van der Waals surface area (Å²) in [7, 11) is 0. The van der Waals surface area contributed by atoms with Gasteiger partial charge in [0.15, 0.2) is 0 Å². The quantitative estimate of drug-likeness (QED) is 0.809. The Bertz CT molecular complexity index is 437. The third-order valence-electron chi connectivity index (χ3n) is 2.26. The number of amides is 1. The molecule has 0 bridgehead atoms. The van der Waals surface area contributed by atoms with E-state index in [2.05, 4.69) is 15.3 Å². The summed E-state index contributed by atoms with van der Waals surface area (Å²) in [4.78, 5) is 18.6. The second-order valence-corrected chi connectivity index (χ2v) is 3.43. The summed E-state index contributed by atoms with van der Waals surface area (Å²) in [5, 5.41) is 2.84. The molecule has 16 heavy (non-hydrogen) atoms. The molecule has 4 heteroatoms. The van der Waals surface area contributed by atoms with Crippen LogP contribution in [0.1, 0.15) is 16.1 Å². The maximum atomic E-state index is 11.6. The number of rotatable bonds is 4. The number of benzene rings is 1. The highest BCUT2D eigenvalue weighted by molar-refractivity contribution is 5.94. The van der Waals surface area contributed by atoms with Crippen molar-refractivity contribution in [3.63, 3.8) is 0 Å². The van der Waals surface area contributed by atoms with Gasteiger partial charge in [0.25, 0.3) is 5.91 Å². The Morgan fingerprint density at radius 1 is 1.31 bits per heavy atom. The fourth-order valence-electron chi connectivity index (χ4n) is 1.42. The number of carbonyl (C=O) groups is 1. The lowest BCUT2D eigenvalue weighted by Crippen LogP contribution is -2.25. The van der Waals surface area contributed by atoms with Gasteiger partial charge in [0, 0.05) is 24.7 Å². The van der Waals surface area contributed by atoms with E-state index in [0.29, 0.717) is 12.1 Å². The molecule has 0 unspecified atom stereocenters. The molecule has 2 N–H and O–H groups in total. The molecular formula is C12H13N3O. The first-order valence-electron chi connectivity index (χ1n) is 5.17. The zero-order valence-corrected chi connectivity index (χ0v) is 8.81. The Morgan fingerprint density at radius 3 is 2.81 bits per heavy atom. The highest BCUT2D eigenvalue weighted by atomic mass is 16.1. The van der Waals surface area contributed by atoms with Crippen LogP contribution in [0.15, 0.2) is 42.9 Å². The second kappa shape index (κ2) is 5.11. The van der Waals surface area contributed by atoms with Crippen LogP contribution < -0.4 is 5.32 Å². The largest absolute Gasteiger partial charge is 0.352 e. The first-order chi connectivity index (χ1) is 7.86. The topological polar surface area (TPSA) is 57.8 Å². The molecular weight excluding hydrogens is 202 g/mol. The molecule has 1 aromatic carbocycles. The van der Waals surface area contributed by atoms with E-state index in [1.807, 2.05) is 24.4 Å². The smallest absolute Gasteiger partial charge is 0.251 e. The number of aromatic nitrogens is 2. The molecule has 0 radical (unpaired) electrons. The van der Waals surface area contributed by atoms with Gasteiger partial charge in [0.2, 0.25) is 0 Å². The van der Waals surface area contributed by atoms with Gasteiger partial charge in [0.05, 0.1) is 12.0 Å². The Hall–Kier alpha value is -2.10. The maximum absolute atomic E-state index is 11.6. The molecule has 0 saturated carbocycles. The van der Waals surface area contributed by atoms with Crippen LogP contribution in [-0.4, -0.2) is 22.4 Å². The summed E-state index contributed by atoms with van der Waals surface area (Å²) in [6.07, 6.45) is 4.20. The van der Waals surface area contributed by atoms with Gasteiger partial charge < -0.3 is 10.3 Å². The van der Waals surface area contributed by atoms with Gasteiger partial charge >= 0.3 is 0 Å². The van der Waals surface area contributed by atoms with Crippen molar-refractivity contribution in [3.8, 4) is 0 Å². The van der Waals surface area contributed by atoms with E-state index in [-0.39, 0.29) is 5.91 Å². The first kappa shape index (κ1) is 10.4. The van der Waals surface area contributed by atoms with Gasteiger partial charge in [-0.2, -0.15) is 0 Å². The minimum absolute atomic E-state index is 0.0452. The van der Waals surface area contributed by atoms with Crippen LogP contribution in [0, 0.1) is 0 Å². The van der Waals surface area contributed by atoms with Crippen molar-refractivity contribution >= 4 is 5.91 Å². The van der Waals surface area contributed by atoms with E-state index in [1.165, 1.54) is 0 Å². The zero-order valence-electron chi connectivity index (χ0n) is 8.81. The van der Waals surface area contributed by atoms with E-state index in [9.17, 15) is 4.79 Å². The van der Waals surface area contributed by atoms with Crippen LogP contribution in [0.4, 0.5) is 0 Å². The van der Waals surface area contributed by atoms with Crippen LogP contribution in [0.2, 0.25) is 0 Å². The van der Waals surface area contributed by atoms with Crippen molar-refractivity contribution in [3.05, 3.63) is 54.1 Å². The normalized spacial score (nSPS) is 10.0. The van der Waals surface area contributed by atoms with Gasteiger partial charge in [-0.25, -0.2) is 4.98 Å². The number of hydrogen-bond acceptors (Lipinski definition) is 2. The van der Waals surface area contributed by atoms with Gasteiger partial charge in [0.1, 0.15) is 0 Å². The predicted molar refractivity (Wildman–Crippen MR) is 61.1 cm³/mol. The molecule has 4 nitrogen and oxygen atoms in total. The van der Waals surface area contributed by atoms with Crippen LogP contribution in [0.5, 0.6) is 0 Å². The van der Waals surface area contributed by atoms with Crippen molar-refractivity contribution in [1.82, 2.24) is 15.3 Å². The molecule has 82 valence electrons. The van der Waals surface area contributed by atoms with Crippen LogP contribution in [0.3, 0.4) is 0 Å². The second-order valence-electron chi connectivity index (χ2n) is 3.43. The number of H-pyrrole nitrogens is 1. The summed E-state index contributed by atoms with van der Waals surface area (Å²) in [5.41, 5.74) is 1.64. The van der Waals surface area contributed by atoms with Crippen molar-refractivity contribution in [2.45, 2.75) is 6.42 Å². The van der Waals surface area contributed by atoms with Gasteiger partial charge in [-0.1, -0.05) is 18.2 Å². The number of imidazole rings is 1. The molecule has 1 aromatic heterocycles. The number of nitrogens with zero attached hydrogens (tertiary/aromatic N) is 1. The summed E-state index contributed by atoms with van der Waals surface area (Å²) in [5.74, 6) is -0.0452. The summed E-state index contributed by atoms with van der Waals surface area (Å²) in [6.45, 7) is 0.596. The third kappa shape index (κ3) is 2.70. The minimum atomic E-state index is -0.0452. The molecule has 0 saturated heterocycles. The van der Waals surface area contributed by atoms with Crippen molar-refractivity contribution in [2.24, 2.45) is 0 Å². The molecule has 0 fully saturated rings. The van der Waals surface area contributed by atoms with Crippen LogP contribution in [0.25, 0.3) is 0 Å². The van der Waals surface area contributed by atoms with E-state index >= 15 is 0 Å². The number of aromatic amines is 1. The van der Waals surface area contributed by atoms with E-state index in [0.717, 1.165) is 12.1 Å². The summed E-state index contributed by atoms with van der Waals surface area (Å²) in [6, 6.07) is 9.18. The molecule has 0 aliphatic carbocycles. The van der Waals surface area contributed by atoms with Gasteiger partial charge in [-0.15, -0.1) is 0 Å². The lowest BCUT2D eigenvalue weighted by atomic mass is 10.2. The molecule has 0 spiro atoms. The Morgan fingerprint density at radius 2 is 2.12 bits per heavy atom. The third-order valence-corrected chi connectivity index (χ3v) is 2.26. The number of carbonyl (C=O) groups excluding carboxylic acids is 1. The van der Waals surface area contributed by atoms with Gasteiger partial charge in [-0.3, -0.25) is 4.79 Å². The molecule has 1 heterocycles. The average molecular weight is 215 g/mol. The van der Waals surface area contributed by atoms with Crippen molar-refractivity contribution in [2.75, 3.05) is 6.54 Å². The minimum Gasteiger partial charge on any atom is -0.352 e. The highest BCUT2D eigenvalue weighted by Crippen LogP contribution is 1.98. The Kier molecular flexibility index (Phi) is 3.33. The standard InChI is InChI=1S/C12H13N3O/c16-12(10-4-2-1-3-5-10)14-7-6-11-8-13-9-15-11/h1-5,8-9H,6-7H2,(H,13,15)(H,14,16). The molecule has 0 aliphatic heterocycles. The Balaban J connectivity index is 1.81. The average Bonchev–Trinajstić information content (AvgIpc) is 2.83. The fraction of sp³-hybridized carbons (Fsp3) is 0.167. The lowest BCUT2D eigenvalue weighted by molar-refractivity contribution is 0.0954. The van der Waals surface area contributed by atoms with E-state index in [4.69, 9.17) is 0 Å². The Labute approximate surface area is 93.7 Å². The lowest BCUT2D eigenvalue weighted by Gasteiger charge is -2.03. The van der Waals surface area contributed by atoms with Crippen molar-refractivity contribution in [1.29, 1.82) is 0 Å². The SMILES string of the molecule is O=C(NCCc1c[nH]cn1)c1ccccc1. The highest BCUT2D eigenvalue weighted by Gasteiger charge is 2.03.